The van der Waals surface area contributed by atoms with Crippen molar-refractivity contribution in [3.8, 4) is 0 Å². The van der Waals surface area contributed by atoms with E-state index in [-0.39, 0.29) is 6.03 Å². The van der Waals surface area contributed by atoms with Crippen LogP contribution in [0.5, 0.6) is 0 Å². The summed E-state index contributed by atoms with van der Waals surface area (Å²) in [5, 5.41) is 3.45. The summed E-state index contributed by atoms with van der Waals surface area (Å²) >= 11 is 5.93. The number of carbonyl (C=O) groups excluding carboxylic acids is 2. The minimum Gasteiger partial charge on any atom is -0.462 e. The number of unbranched alkanes of at least 4 members (excludes halogenated alkanes) is 2. The van der Waals surface area contributed by atoms with E-state index in [4.69, 9.17) is 16.3 Å². The average molecular weight is 351 g/mol. The van der Waals surface area contributed by atoms with Crippen LogP contribution in [-0.4, -0.2) is 30.6 Å². The largest absolute Gasteiger partial charge is 0.462 e. The summed E-state index contributed by atoms with van der Waals surface area (Å²) in [5.74, 6) is -0.393. The van der Waals surface area contributed by atoms with Gasteiger partial charge >= 0.3 is 12.0 Å². The third-order valence-corrected chi connectivity index (χ3v) is 4.41. The number of nitrogens with zero attached hydrogens (tertiary/aromatic N) is 1. The van der Waals surface area contributed by atoms with E-state index in [0.717, 1.165) is 24.8 Å². The Bertz CT molecular complexity index is 640. The van der Waals surface area contributed by atoms with Gasteiger partial charge in [0.15, 0.2) is 0 Å². The monoisotopic (exact) mass is 350 g/mol. The molecule has 0 unspecified atom stereocenters. The van der Waals surface area contributed by atoms with Gasteiger partial charge in [-0.1, -0.05) is 43.5 Å². The summed E-state index contributed by atoms with van der Waals surface area (Å²) in [5.41, 5.74) is 1.84. The first-order valence-electron chi connectivity index (χ1n) is 8.13. The minimum absolute atomic E-state index is 0.255. The maximum Gasteiger partial charge on any atom is 0.338 e. The third-order valence-electron chi connectivity index (χ3n) is 4.16. The van der Waals surface area contributed by atoms with Crippen LogP contribution in [0.15, 0.2) is 35.5 Å². The summed E-state index contributed by atoms with van der Waals surface area (Å²) in [4.78, 5) is 26.1. The zero-order chi connectivity index (χ0) is 17.7. The van der Waals surface area contributed by atoms with Crippen molar-refractivity contribution in [2.24, 2.45) is 0 Å². The van der Waals surface area contributed by atoms with E-state index >= 15 is 0 Å². The number of allylic oxidation sites excluding steroid dienone is 1. The first-order chi connectivity index (χ1) is 11.5. The number of ether oxygens (including phenoxy) is 1. The molecule has 2 rings (SSSR count). The molecule has 0 aliphatic carbocycles. The summed E-state index contributed by atoms with van der Waals surface area (Å²) in [7, 11) is 1.63. The topological polar surface area (TPSA) is 58.6 Å². The van der Waals surface area contributed by atoms with Gasteiger partial charge in [0.2, 0.25) is 0 Å². The summed E-state index contributed by atoms with van der Waals surface area (Å²) in [6.45, 7) is 4.23. The molecule has 1 aromatic rings. The van der Waals surface area contributed by atoms with E-state index < -0.39 is 12.0 Å². The lowest BCUT2D eigenvalue weighted by Crippen LogP contribution is -2.46. The smallest absolute Gasteiger partial charge is 0.338 e. The Balaban J connectivity index is 2.28. The highest BCUT2D eigenvalue weighted by molar-refractivity contribution is 6.30. The Morgan fingerprint density at radius 3 is 2.58 bits per heavy atom. The fraction of sp³-hybridized carbons (Fsp3) is 0.444. The highest BCUT2D eigenvalue weighted by Crippen LogP contribution is 2.31. The molecule has 0 aromatic heterocycles. The number of hydrogen-bond donors (Lipinski definition) is 1. The maximum absolute atomic E-state index is 12.6. The molecule has 1 atom stereocenters. The molecule has 1 aliphatic heterocycles. The highest BCUT2D eigenvalue weighted by Gasteiger charge is 2.34. The van der Waals surface area contributed by atoms with Crippen molar-refractivity contribution in [1.82, 2.24) is 10.2 Å². The van der Waals surface area contributed by atoms with E-state index in [1.807, 2.05) is 0 Å². The minimum atomic E-state index is -0.537. The van der Waals surface area contributed by atoms with E-state index in [2.05, 4.69) is 12.2 Å². The van der Waals surface area contributed by atoms with Gasteiger partial charge in [-0.3, -0.25) is 0 Å². The Kier molecular flexibility index (Phi) is 6.26. The van der Waals surface area contributed by atoms with Crippen molar-refractivity contribution in [2.45, 2.75) is 39.2 Å². The first-order valence-corrected chi connectivity index (χ1v) is 8.51. The summed E-state index contributed by atoms with van der Waals surface area (Å²) < 4.78 is 5.41. The number of rotatable bonds is 6. The number of hydrogen-bond acceptors (Lipinski definition) is 3. The highest BCUT2D eigenvalue weighted by atomic mass is 35.5. The SMILES string of the molecule is CCCCCOC(=O)C1=C(C)N(C)C(=O)N[C@H]1c1ccc(Cl)cc1. The van der Waals surface area contributed by atoms with Crippen molar-refractivity contribution in [3.05, 3.63) is 46.1 Å². The van der Waals surface area contributed by atoms with Gasteiger partial charge in [0, 0.05) is 17.8 Å². The van der Waals surface area contributed by atoms with Gasteiger partial charge in [0.05, 0.1) is 18.2 Å². The number of esters is 1. The maximum atomic E-state index is 12.6. The summed E-state index contributed by atoms with van der Waals surface area (Å²) in [6.07, 6.45) is 2.91. The number of halogens is 1. The van der Waals surface area contributed by atoms with Crippen molar-refractivity contribution in [3.63, 3.8) is 0 Å². The number of carbonyl (C=O) groups is 2. The second-order valence-corrected chi connectivity index (χ2v) is 6.27. The first kappa shape index (κ1) is 18.3. The molecule has 1 N–H and O–H groups in total. The second-order valence-electron chi connectivity index (χ2n) is 5.84. The van der Waals surface area contributed by atoms with Crippen LogP contribution in [0, 0.1) is 0 Å². The predicted octanol–water partition coefficient (Wildman–Crippen LogP) is 4.04. The predicted molar refractivity (Wildman–Crippen MR) is 93.7 cm³/mol. The lowest BCUT2D eigenvalue weighted by Gasteiger charge is -2.33. The molecule has 0 bridgehead atoms. The number of amides is 2. The molecular weight excluding hydrogens is 328 g/mol. The van der Waals surface area contributed by atoms with Gasteiger partial charge in [-0.2, -0.15) is 0 Å². The van der Waals surface area contributed by atoms with Crippen molar-refractivity contribution < 1.29 is 14.3 Å². The molecule has 2 amide bonds. The van der Waals surface area contributed by atoms with Crippen LogP contribution < -0.4 is 5.32 Å². The zero-order valence-corrected chi connectivity index (χ0v) is 15.0. The fourth-order valence-corrected chi connectivity index (χ4v) is 2.73. The molecule has 6 heteroatoms. The number of urea groups is 1. The molecule has 1 aliphatic rings. The van der Waals surface area contributed by atoms with E-state index in [1.54, 1.807) is 38.2 Å². The standard InChI is InChI=1S/C18H23ClN2O3/c1-4-5-6-11-24-17(22)15-12(2)21(3)18(23)20-16(15)13-7-9-14(19)10-8-13/h7-10,16H,4-6,11H2,1-3H3,(H,20,23)/t16-/m0/s1. The van der Waals surface area contributed by atoms with Crippen LogP contribution in [0.1, 0.15) is 44.7 Å². The van der Waals surface area contributed by atoms with Crippen molar-refractivity contribution >= 4 is 23.6 Å². The number of benzene rings is 1. The van der Waals surface area contributed by atoms with Crippen LogP contribution in [0.4, 0.5) is 4.79 Å². The molecule has 24 heavy (non-hydrogen) atoms. The molecule has 0 saturated heterocycles. The van der Waals surface area contributed by atoms with Crippen LogP contribution in [-0.2, 0) is 9.53 Å². The summed E-state index contributed by atoms with van der Waals surface area (Å²) in [6, 6.07) is 6.29. The van der Waals surface area contributed by atoms with Gasteiger partial charge < -0.3 is 15.0 Å². The van der Waals surface area contributed by atoms with Gasteiger partial charge in [0.25, 0.3) is 0 Å². The number of nitrogens with one attached hydrogen (secondary N) is 1. The van der Waals surface area contributed by atoms with Gasteiger partial charge in [-0.25, -0.2) is 9.59 Å². The molecule has 0 radical (unpaired) electrons. The molecule has 0 saturated carbocycles. The molecule has 1 heterocycles. The second kappa shape index (κ2) is 8.20. The Morgan fingerprint density at radius 2 is 1.96 bits per heavy atom. The van der Waals surface area contributed by atoms with Gasteiger partial charge in [-0.15, -0.1) is 0 Å². The van der Waals surface area contributed by atoms with E-state index in [1.165, 1.54) is 4.90 Å². The Hall–Kier alpha value is -2.01. The molecular formula is C18H23ClN2O3. The normalized spacial score (nSPS) is 17.8. The quantitative estimate of drug-likeness (QED) is 0.622. The average Bonchev–Trinajstić information content (AvgIpc) is 2.57. The van der Waals surface area contributed by atoms with E-state index in [0.29, 0.717) is 22.9 Å². The van der Waals surface area contributed by atoms with Crippen LogP contribution in [0.3, 0.4) is 0 Å². The van der Waals surface area contributed by atoms with Crippen LogP contribution in [0.25, 0.3) is 0 Å². The van der Waals surface area contributed by atoms with Crippen LogP contribution >= 0.6 is 11.6 Å². The molecule has 0 fully saturated rings. The molecule has 5 nitrogen and oxygen atoms in total. The lowest BCUT2D eigenvalue weighted by atomic mass is 9.95. The lowest BCUT2D eigenvalue weighted by molar-refractivity contribution is -0.139. The molecule has 1 aromatic carbocycles. The third kappa shape index (κ3) is 4.09. The molecule has 130 valence electrons. The van der Waals surface area contributed by atoms with Gasteiger partial charge in [0.1, 0.15) is 0 Å². The Labute approximate surface area is 147 Å². The Morgan fingerprint density at radius 1 is 1.29 bits per heavy atom. The van der Waals surface area contributed by atoms with E-state index in [9.17, 15) is 9.59 Å². The fourth-order valence-electron chi connectivity index (χ4n) is 2.60. The molecule has 0 spiro atoms. The van der Waals surface area contributed by atoms with Crippen LogP contribution in [0.2, 0.25) is 5.02 Å². The van der Waals surface area contributed by atoms with Crippen molar-refractivity contribution in [1.29, 1.82) is 0 Å². The zero-order valence-electron chi connectivity index (χ0n) is 14.3. The van der Waals surface area contributed by atoms with Gasteiger partial charge in [-0.05, 0) is 31.0 Å². The van der Waals surface area contributed by atoms with Crippen molar-refractivity contribution in [2.75, 3.05) is 13.7 Å².